The molecule has 0 aliphatic carbocycles. The first kappa shape index (κ1) is 16.5. The lowest BCUT2D eigenvalue weighted by Crippen LogP contribution is -2.49. The van der Waals surface area contributed by atoms with Crippen molar-refractivity contribution in [1.82, 2.24) is 29.1 Å². The summed E-state index contributed by atoms with van der Waals surface area (Å²) in [6, 6.07) is 11.7. The van der Waals surface area contributed by atoms with E-state index in [1.807, 2.05) is 41.3 Å². The minimum Gasteiger partial charge on any atom is -0.353 e. The molecule has 0 saturated carbocycles. The predicted octanol–water partition coefficient (Wildman–Crippen LogP) is 1.53. The number of hydrogen-bond donors (Lipinski definition) is 0. The molecule has 0 N–H and O–H groups in total. The largest absolute Gasteiger partial charge is 0.353 e. The van der Waals surface area contributed by atoms with Gasteiger partial charge in [-0.05, 0) is 30.3 Å². The van der Waals surface area contributed by atoms with Crippen LogP contribution in [0.4, 0.5) is 0 Å². The van der Waals surface area contributed by atoms with Gasteiger partial charge in [0.1, 0.15) is 12.7 Å². The molecule has 4 rings (SSSR count). The summed E-state index contributed by atoms with van der Waals surface area (Å²) in [4.78, 5) is 17.2. The number of rotatable bonds is 5. The highest BCUT2D eigenvalue weighted by molar-refractivity contribution is 5.94. The number of aromatic nitrogens is 4. The van der Waals surface area contributed by atoms with Gasteiger partial charge < -0.3 is 9.47 Å². The van der Waals surface area contributed by atoms with Gasteiger partial charge in [-0.15, -0.1) is 10.2 Å². The maximum absolute atomic E-state index is 12.8. The topological polar surface area (TPSA) is 59.2 Å². The van der Waals surface area contributed by atoms with Crippen LogP contribution in [-0.4, -0.2) is 67.8 Å². The molecule has 7 nitrogen and oxygen atoms in total. The average molecular weight is 350 g/mol. The number of amides is 1. The Balaban J connectivity index is 1.34. The van der Waals surface area contributed by atoms with Crippen LogP contribution in [0.1, 0.15) is 10.4 Å². The van der Waals surface area contributed by atoms with Crippen LogP contribution in [0.25, 0.3) is 5.69 Å². The van der Waals surface area contributed by atoms with E-state index in [0.29, 0.717) is 5.56 Å². The van der Waals surface area contributed by atoms with Gasteiger partial charge in [0, 0.05) is 62.9 Å². The Labute approximate surface area is 152 Å². The molecule has 0 bridgehead atoms. The number of nitrogens with zero attached hydrogens (tertiary/aromatic N) is 6. The molecule has 1 fully saturated rings. The Kier molecular flexibility index (Phi) is 4.79. The van der Waals surface area contributed by atoms with Crippen LogP contribution < -0.4 is 0 Å². The lowest BCUT2D eigenvalue weighted by Gasteiger charge is -2.34. The Hall–Kier alpha value is -2.93. The Morgan fingerprint density at radius 2 is 1.65 bits per heavy atom. The lowest BCUT2D eigenvalue weighted by molar-refractivity contribution is 0.0633. The van der Waals surface area contributed by atoms with Gasteiger partial charge >= 0.3 is 0 Å². The van der Waals surface area contributed by atoms with Gasteiger partial charge in [-0.2, -0.15) is 0 Å². The zero-order chi connectivity index (χ0) is 17.8. The van der Waals surface area contributed by atoms with Crippen molar-refractivity contribution in [3.8, 4) is 5.69 Å². The van der Waals surface area contributed by atoms with Crippen LogP contribution in [0.15, 0.2) is 61.4 Å². The summed E-state index contributed by atoms with van der Waals surface area (Å²) < 4.78 is 3.99. The molecule has 0 atom stereocenters. The van der Waals surface area contributed by atoms with Gasteiger partial charge in [0.2, 0.25) is 0 Å². The summed E-state index contributed by atoms with van der Waals surface area (Å²) in [5, 5.41) is 7.64. The van der Waals surface area contributed by atoms with E-state index >= 15 is 0 Å². The fourth-order valence-corrected chi connectivity index (χ4v) is 3.27. The van der Waals surface area contributed by atoms with Gasteiger partial charge in [0.25, 0.3) is 5.91 Å². The van der Waals surface area contributed by atoms with Gasteiger partial charge in [-0.1, -0.05) is 6.07 Å². The standard InChI is InChI=1S/C19H22N6O/c26-19(17-4-3-5-18(14-17)25-15-20-21-16-25)24-12-10-23(11-13-24)9-8-22-6-1-2-7-22/h1-7,14-16H,8-13H2. The maximum atomic E-state index is 12.8. The normalized spacial score (nSPS) is 15.3. The summed E-state index contributed by atoms with van der Waals surface area (Å²) in [5.41, 5.74) is 1.60. The van der Waals surface area contributed by atoms with Gasteiger partial charge in [0.05, 0.1) is 0 Å². The number of benzene rings is 1. The smallest absolute Gasteiger partial charge is 0.254 e. The van der Waals surface area contributed by atoms with Crippen LogP contribution >= 0.6 is 0 Å². The molecule has 3 heterocycles. The van der Waals surface area contributed by atoms with Crippen LogP contribution in [-0.2, 0) is 6.54 Å². The maximum Gasteiger partial charge on any atom is 0.254 e. The Morgan fingerprint density at radius 3 is 2.38 bits per heavy atom. The number of carbonyl (C=O) groups is 1. The Bertz CT molecular complexity index is 835. The third kappa shape index (κ3) is 3.67. The summed E-state index contributed by atoms with van der Waals surface area (Å²) in [6.45, 7) is 5.36. The van der Waals surface area contributed by atoms with Crippen molar-refractivity contribution in [1.29, 1.82) is 0 Å². The van der Waals surface area contributed by atoms with E-state index in [1.54, 1.807) is 17.2 Å². The summed E-state index contributed by atoms with van der Waals surface area (Å²) in [7, 11) is 0. The number of carbonyl (C=O) groups excluding carboxylic acids is 1. The lowest BCUT2D eigenvalue weighted by atomic mass is 10.1. The second-order valence-electron chi connectivity index (χ2n) is 6.47. The molecular formula is C19H22N6O. The highest BCUT2D eigenvalue weighted by atomic mass is 16.2. The van der Waals surface area contributed by atoms with Crippen molar-refractivity contribution in [2.75, 3.05) is 32.7 Å². The first-order chi connectivity index (χ1) is 12.8. The van der Waals surface area contributed by atoms with Crippen LogP contribution in [0.3, 0.4) is 0 Å². The fraction of sp³-hybridized carbons (Fsp3) is 0.316. The first-order valence-corrected chi connectivity index (χ1v) is 8.87. The molecule has 1 aromatic carbocycles. The monoisotopic (exact) mass is 350 g/mol. The number of hydrogen-bond acceptors (Lipinski definition) is 4. The zero-order valence-corrected chi connectivity index (χ0v) is 14.6. The summed E-state index contributed by atoms with van der Waals surface area (Å²) in [6.07, 6.45) is 7.44. The van der Waals surface area contributed by atoms with E-state index in [2.05, 4.69) is 32.1 Å². The van der Waals surface area contributed by atoms with E-state index in [-0.39, 0.29) is 5.91 Å². The molecule has 1 aliphatic rings. The quantitative estimate of drug-likeness (QED) is 0.700. The highest BCUT2D eigenvalue weighted by Gasteiger charge is 2.22. The zero-order valence-electron chi connectivity index (χ0n) is 14.6. The predicted molar refractivity (Wildman–Crippen MR) is 98.1 cm³/mol. The summed E-state index contributed by atoms with van der Waals surface area (Å²) >= 11 is 0. The molecule has 7 heteroatoms. The van der Waals surface area contributed by atoms with Crippen LogP contribution in [0, 0.1) is 0 Å². The van der Waals surface area contributed by atoms with Crippen molar-refractivity contribution >= 4 is 5.91 Å². The van der Waals surface area contributed by atoms with Crippen LogP contribution in [0.2, 0.25) is 0 Å². The third-order valence-corrected chi connectivity index (χ3v) is 4.81. The van der Waals surface area contributed by atoms with Crippen molar-refractivity contribution in [2.24, 2.45) is 0 Å². The van der Waals surface area contributed by atoms with E-state index in [9.17, 15) is 4.79 Å². The van der Waals surface area contributed by atoms with Gasteiger partial charge in [-0.25, -0.2) is 0 Å². The van der Waals surface area contributed by atoms with Crippen molar-refractivity contribution in [2.45, 2.75) is 6.54 Å². The molecule has 2 aromatic heterocycles. The van der Waals surface area contributed by atoms with E-state index in [4.69, 9.17) is 0 Å². The minimum atomic E-state index is 0.0879. The second kappa shape index (κ2) is 7.53. The molecule has 134 valence electrons. The van der Waals surface area contributed by atoms with E-state index in [1.165, 1.54) is 0 Å². The molecule has 0 spiro atoms. The third-order valence-electron chi connectivity index (χ3n) is 4.81. The molecule has 0 radical (unpaired) electrons. The van der Waals surface area contributed by atoms with Crippen LogP contribution in [0.5, 0.6) is 0 Å². The SMILES string of the molecule is O=C(c1cccc(-n2cnnc2)c1)N1CCN(CCn2cccc2)CC1. The molecular weight excluding hydrogens is 328 g/mol. The van der Waals surface area contributed by atoms with Crippen molar-refractivity contribution in [3.63, 3.8) is 0 Å². The van der Waals surface area contributed by atoms with Gasteiger partial charge in [0.15, 0.2) is 0 Å². The Morgan fingerprint density at radius 1 is 0.923 bits per heavy atom. The van der Waals surface area contributed by atoms with Crippen molar-refractivity contribution < 1.29 is 4.79 Å². The second-order valence-corrected chi connectivity index (χ2v) is 6.47. The average Bonchev–Trinajstić information content (AvgIpc) is 3.40. The molecule has 26 heavy (non-hydrogen) atoms. The van der Waals surface area contributed by atoms with Crippen molar-refractivity contribution in [3.05, 3.63) is 67.0 Å². The molecule has 1 aliphatic heterocycles. The summed E-state index contributed by atoms with van der Waals surface area (Å²) in [5.74, 6) is 0.0879. The molecule has 3 aromatic rings. The van der Waals surface area contributed by atoms with E-state index in [0.717, 1.165) is 45.0 Å². The highest BCUT2D eigenvalue weighted by Crippen LogP contribution is 2.13. The molecule has 1 amide bonds. The number of piperazine rings is 1. The molecule has 0 unspecified atom stereocenters. The first-order valence-electron chi connectivity index (χ1n) is 8.87. The van der Waals surface area contributed by atoms with E-state index < -0.39 is 0 Å². The minimum absolute atomic E-state index is 0.0879. The van der Waals surface area contributed by atoms with Gasteiger partial charge in [-0.3, -0.25) is 14.3 Å². The fourth-order valence-electron chi connectivity index (χ4n) is 3.27. The molecule has 1 saturated heterocycles.